The number of nitrogens with zero attached hydrogens (tertiary/aromatic N) is 2. The molecule has 2 heterocycles. The number of ether oxygens (including phenoxy) is 2. The SMILES string of the molecule is CN=C(NCCc1cc(F)cc2c1OCOC2)NC1CCN(c2c(F)cccc2F)C1. The van der Waals surface area contributed by atoms with Crippen LogP contribution in [0.15, 0.2) is 35.3 Å². The van der Waals surface area contributed by atoms with E-state index in [2.05, 4.69) is 15.6 Å². The van der Waals surface area contributed by atoms with Gasteiger partial charge in [-0.2, -0.15) is 0 Å². The molecule has 2 aromatic carbocycles. The zero-order valence-electron chi connectivity index (χ0n) is 17.3. The number of rotatable bonds is 5. The summed E-state index contributed by atoms with van der Waals surface area (Å²) in [5.74, 6) is -0.189. The van der Waals surface area contributed by atoms with E-state index in [-0.39, 0.29) is 24.3 Å². The molecule has 0 radical (unpaired) electrons. The first kappa shape index (κ1) is 21.3. The fourth-order valence-corrected chi connectivity index (χ4v) is 4.02. The first-order valence-corrected chi connectivity index (χ1v) is 10.2. The number of hydrogen-bond donors (Lipinski definition) is 2. The number of aliphatic imine (C=N–C) groups is 1. The fraction of sp³-hybridized carbons (Fsp3) is 0.409. The average Bonchev–Trinajstić information content (AvgIpc) is 3.20. The molecule has 0 spiro atoms. The predicted molar refractivity (Wildman–Crippen MR) is 112 cm³/mol. The van der Waals surface area contributed by atoms with Gasteiger partial charge < -0.3 is 25.0 Å². The molecule has 166 valence electrons. The first-order chi connectivity index (χ1) is 15.0. The van der Waals surface area contributed by atoms with Gasteiger partial charge in [-0.05, 0) is 42.7 Å². The molecular formula is C22H25F3N4O2. The van der Waals surface area contributed by atoms with Gasteiger partial charge in [0.2, 0.25) is 0 Å². The Bertz CT molecular complexity index is 950. The number of para-hydroxylation sites is 1. The van der Waals surface area contributed by atoms with Crippen molar-refractivity contribution in [2.75, 3.05) is 38.4 Å². The van der Waals surface area contributed by atoms with Crippen LogP contribution in [-0.2, 0) is 17.8 Å². The second-order valence-electron chi connectivity index (χ2n) is 7.56. The lowest BCUT2D eigenvalue weighted by atomic mass is 10.1. The van der Waals surface area contributed by atoms with Crippen LogP contribution < -0.4 is 20.3 Å². The Labute approximate surface area is 179 Å². The average molecular weight is 434 g/mol. The maximum atomic E-state index is 14.1. The van der Waals surface area contributed by atoms with Gasteiger partial charge in [0, 0.05) is 38.3 Å². The highest BCUT2D eigenvalue weighted by Crippen LogP contribution is 2.30. The Hall–Kier alpha value is -2.94. The van der Waals surface area contributed by atoms with Crippen LogP contribution in [0.3, 0.4) is 0 Å². The van der Waals surface area contributed by atoms with Crippen molar-refractivity contribution >= 4 is 11.6 Å². The summed E-state index contributed by atoms with van der Waals surface area (Å²) in [4.78, 5) is 5.93. The second-order valence-corrected chi connectivity index (χ2v) is 7.56. The van der Waals surface area contributed by atoms with Gasteiger partial charge in [0.15, 0.2) is 12.8 Å². The summed E-state index contributed by atoms with van der Waals surface area (Å²) >= 11 is 0. The third-order valence-corrected chi connectivity index (χ3v) is 5.44. The molecule has 31 heavy (non-hydrogen) atoms. The smallest absolute Gasteiger partial charge is 0.191 e. The van der Waals surface area contributed by atoms with E-state index in [9.17, 15) is 13.2 Å². The molecule has 2 aromatic rings. The van der Waals surface area contributed by atoms with Crippen LogP contribution in [-0.4, -0.2) is 45.5 Å². The van der Waals surface area contributed by atoms with Crippen molar-refractivity contribution in [3.05, 3.63) is 58.9 Å². The number of benzene rings is 2. The maximum Gasteiger partial charge on any atom is 0.191 e. The van der Waals surface area contributed by atoms with Gasteiger partial charge in [0.25, 0.3) is 0 Å². The lowest BCUT2D eigenvalue weighted by Gasteiger charge is -2.22. The minimum Gasteiger partial charge on any atom is -0.467 e. The van der Waals surface area contributed by atoms with Crippen molar-refractivity contribution in [1.29, 1.82) is 0 Å². The van der Waals surface area contributed by atoms with Crippen LogP contribution in [0.25, 0.3) is 0 Å². The summed E-state index contributed by atoms with van der Waals surface area (Å²) in [6, 6.07) is 6.78. The van der Waals surface area contributed by atoms with Gasteiger partial charge in [-0.15, -0.1) is 0 Å². The molecule has 0 saturated carbocycles. The highest BCUT2D eigenvalue weighted by atomic mass is 19.1. The number of guanidine groups is 1. The van der Waals surface area contributed by atoms with Gasteiger partial charge in [0.1, 0.15) is 28.9 Å². The van der Waals surface area contributed by atoms with Crippen molar-refractivity contribution in [3.63, 3.8) is 0 Å². The standard InChI is InChI=1S/C22H25F3N4O2/c1-26-22(27-7-5-14-9-16(23)10-15-12-30-13-31-21(14)15)28-17-6-8-29(11-17)20-18(24)3-2-4-19(20)25/h2-4,9-10,17H,5-8,11-13H2,1H3,(H2,26,27,28). The monoisotopic (exact) mass is 434 g/mol. The van der Waals surface area contributed by atoms with Crippen molar-refractivity contribution in [1.82, 2.24) is 10.6 Å². The summed E-state index contributed by atoms with van der Waals surface area (Å²) in [5, 5.41) is 6.50. The third-order valence-electron chi connectivity index (χ3n) is 5.44. The van der Waals surface area contributed by atoms with Crippen molar-refractivity contribution in [3.8, 4) is 5.75 Å². The van der Waals surface area contributed by atoms with E-state index in [4.69, 9.17) is 9.47 Å². The van der Waals surface area contributed by atoms with E-state index in [1.807, 2.05) is 0 Å². The number of hydrogen-bond acceptors (Lipinski definition) is 4. The summed E-state index contributed by atoms with van der Waals surface area (Å²) < 4.78 is 52.7. The summed E-state index contributed by atoms with van der Waals surface area (Å²) in [6.07, 6.45) is 1.26. The molecule has 0 bridgehead atoms. The third kappa shape index (κ3) is 4.87. The lowest BCUT2D eigenvalue weighted by molar-refractivity contribution is -0.0172. The minimum absolute atomic E-state index is 0.00684. The molecule has 0 amide bonds. The summed E-state index contributed by atoms with van der Waals surface area (Å²) in [6.45, 7) is 2.00. The highest BCUT2D eigenvalue weighted by molar-refractivity contribution is 5.80. The Morgan fingerprint density at radius 3 is 2.81 bits per heavy atom. The van der Waals surface area contributed by atoms with E-state index < -0.39 is 11.6 Å². The molecular weight excluding hydrogens is 409 g/mol. The zero-order valence-corrected chi connectivity index (χ0v) is 17.3. The first-order valence-electron chi connectivity index (χ1n) is 10.2. The zero-order chi connectivity index (χ0) is 21.8. The Morgan fingerprint density at radius 2 is 2.03 bits per heavy atom. The minimum atomic E-state index is -0.561. The maximum absolute atomic E-state index is 14.1. The van der Waals surface area contributed by atoms with Crippen LogP contribution in [0, 0.1) is 17.5 Å². The van der Waals surface area contributed by atoms with Crippen LogP contribution in [0.5, 0.6) is 5.75 Å². The molecule has 1 saturated heterocycles. The molecule has 2 aliphatic rings. The molecule has 0 aliphatic carbocycles. The van der Waals surface area contributed by atoms with E-state index in [0.29, 0.717) is 49.9 Å². The second kappa shape index (κ2) is 9.47. The number of anilines is 1. The van der Waals surface area contributed by atoms with Gasteiger partial charge in [-0.3, -0.25) is 4.99 Å². The van der Waals surface area contributed by atoms with Crippen molar-refractivity contribution in [2.24, 2.45) is 4.99 Å². The van der Waals surface area contributed by atoms with Gasteiger partial charge in [-0.25, -0.2) is 13.2 Å². The highest BCUT2D eigenvalue weighted by Gasteiger charge is 2.27. The molecule has 0 aromatic heterocycles. The summed E-state index contributed by atoms with van der Waals surface area (Å²) in [5.41, 5.74) is 1.48. The molecule has 1 atom stereocenters. The molecule has 9 heteroatoms. The van der Waals surface area contributed by atoms with Gasteiger partial charge in [-0.1, -0.05) is 6.07 Å². The Morgan fingerprint density at radius 1 is 1.23 bits per heavy atom. The molecule has 4 rings (SSSR count). The lowest BCUT2D eigenvalue weighted by Crippen LogP contribution is -2.45. The van der Waals surface area contributed by atoms with Crippen molar-refractivity contribution < 1.29 is 22.6 Å². The van der Waals surface area contributed by atoms with Crippen LogP contribution >= 0.6 is 0 Å². The largest absolute Gasteiger partial charge is 0.467 e. The molecule has 1 fully saturated rings. The quantitative estimate of drug-likeness (QED) is 0.560. The molecule has 2 N–H and O–H groups in total. The predicted octanol–water partition coefficient (Wildman–Crippen LogP) is 2.96. The number of nitrogens with one attached hydrogen (secondary N) is 2. The van der Waals surface area contributed by atoms with Gasteiger partial charge >= 0.3 is 0 Å². The van der Waals surface area contributed by atoms with Crippen LogP contribution in [0.1, 0.15) is 17.5 Å². The summed E-state index contributed by atoms with van der Waals surface area (Å²) in [7, 11) is 1.66. The number of halogens is 3. The van der Waals surface area contributed by atoms with E-state index in [1.54, 1.807) is 11.9 Å². The topological polar surface area (TPSA) is 58.1 Å². The van der Waals surface area contributed by atoms with Gasteiger partial charge in [0.05, 0.1) is 6.61 Å². The van der Waals surface area contributed by atoms with E-state index in [1.165, 1.54) is 30.3 Å². The fourth-order valence-electron chi connectivity index (χ4n) is 4.02. The number of fused-ring (bicyclic) bond motifs is 1. The Balaban J connectivity index is 1.32. The Kier molecular flexibility index (Phi) is 6.50. The van der Waals surface area contributed by atoms with E-state index >= 15 is 0 Å². The van der Waals surface area contributed by atoms with Crippen LogP contribution in [0.4, 0.5) is 18.9 Å². The van der Waals surface area contributed by atoms with Crippen molar-refractivity contribution in [2.45, 2.75) is 25.5 Å². The molecule has 6 nitrogen and oxygen atoms in total. The molecule has 2 aliphatic heterocycles. The normalized spacial score (nSPS) is 18.5. The molecule has 1 unspecified atom stereocenters. The van der Waals surface area contributed by atoms with E-state index in [0.717, 1.165) is 12.0 Å². The van der Waals surface area contributed by atoms with Crippen LogP contribution in [0.2, 0.25) is 0 Å².